The van der Waals surface area contributed by atoms with Gasteiger partial charge in [0.05, 0.1) is 18.4 Å². The third-order valence-electron chi connectivity index (χ3n) is 5.03. The molecular weight excluding hydrogens is 386 g/mol. The molecule has 0 atom stereocenters. The summed E-state index contributed by atoms with van der Waals surface area (Å²) in [5, 5.41) is 1.67. The van der Waals surface area contributed by atoms with Crippen LogP contribution in [0.3, 0.4) is 0 Å². The van der Waals surface area contributed by atoms with Crippen molar-refractivity contribution in [1.82, 2.24) is 4.98 Å². The minimum absolute atomic E-state index is 0.161. The monoisotopic (exact) mass is 401 g/mol. The zero-order chi connectivity index (χ0) is 20.0. The molecule has 0 saturated heterocycles. The van der Waals surface area contributed by atoms with E-state index in [9.17, 15) is 4.79 Å². The second-order valence-corrected chi connectivity index (χ2v) is 7.18. The molecule has 0 aliphatic carbocycles. The van der Waals surface area contributed by atoms with E-state index in [-0.39, 0.29) is 11.5 Å². The van der Waals surface area contributed by atoms with Crippen LogP contribution in [0.5, 0.6) is 11.5 Å². The van der Waals surface area contributed by atoms with Gasteiger partial charge in [-0.1, -0.05) is 48.0 Å². The molecule has 0 amide bonds. The molecule has 0 bridgehead atoms. The molecule has 1 aliphatic heterocycles. The number of hydrogen-bond donors (Lipinski definition) is 1. The number of carbonyl (C=O) groups is 1. The highest BCUT2D eigenvalue weighted by Gasteiger charge is 2.30. The molecule has 1 aliphatic rings. The fourth-order valence-corrected chi connectivity index (χ4v) is 3.76. The number of methoxy groups -OCH3 is 1. The average Bonchev–Trinajstić information content (AvgIpc) is 3.27. The molecule has 0 saturated carbocycles. The lowest BCUT2D eigenvalue weighted by molar-refractivity contribution is 0.101. The Labute approximate surface area is 172 Å². The fourth-order valence-electron chi connectivity index (χ4n) is 3.63. The van der Waals surface area contributed by atoms with Crippen molar-refractivity contribution in [3.05, 3.63) is 88.6 Å². The first-order valence-electron chi connectivity index (χ1n) is 9.13. The normalized spacial score (nSPS) is 14.3. The van der Waals surface area contributed by atoms with E-state index in [1.165, 1.54) is 0 Å². The molecule has 3 aromatic carbocycles. The van der Waals surface area contributed by atoms with Crippen LogP contribution in [0, 0.1) is 0 Å². The SMILES string of the molecule is COc1cccc2c1OC(=Cc1c(-c3ccc(Cl)cc3)[nH]c3ccccc13)C2=O. The first-order chi connectivity index (χ1) is 14.2. The van der Waals surface area contributed by atoms with Gasteiger partial charge < -0.3 is 14.5 Å². The number of Topliss-reactive ketones (excluding diaryl/α,β-unsaturated/α-hetero) is 1. The number of H-pyrrole nitrogens is 1. The highest BCUT2D eigenvalue weighted by Crippen LogP contribution is 2.41. The summed E-state index contributed by atoms with van der Waals surface area (Å²) in [6.07, 6.45) is 1.80. The van der Waals surface area contributed by atoms with Crippen LogP contribution in [0.15, 0.2) is 72.5 Å². The van der Waals surface area contributed by atoms with Crippen LogP contribution in [0.25, 0.3) is 28.2 Å². The number of benzene rings is 3. The third kappa shape index (κ3) is 2.89. The van der Waals surface area contributed by atoms with Crippen LogP contribution in [-0.4, -0.2) is 17.9 Å². The Morgan fingerprint density at radius 2 is 1.79 bits per heavy atom. The molecule has 4 aromatic rings. The molecule has 0 spiro atoms. The summed E-state index contributed by atoms with van der Waals surface area (Å²) in [6.45, 7) is 0. The van der Waals surface area contributed by atoms with Crippen LogP contribution in [-0.2, 0) is 0 Å². The number of carbonyl (C=O) groups excluding carboxylic acids is 1. The smallest absolute Gasteiger partial charge is 0.232 e. The van der Waals surface area contributed by atoms with Gasteiger partial charge in [0.1, 0.15) is 0 Å². The van der Waals surface area contributed by atoms with Gasteiger partial charge in [0.25, 0.3) is 0 Å². The summed E-state index contributed by atoms with van der Waals surface area (Å²) in [4.78, 5) is 16.4. The highest BCUT2D eigenvalue weighted by atomic mass is 35.5. The summed E-state index contributed by atoms with van der Waals surface area (Å²) in [5.41, 5.74) is 4.24. The summed E-state index contributed by atoms with van der Waals surface area (Å²) in [5.74, 6) is 1.10. The van der Waals surface area contributed by atoms with Crippen LogP contribution >= 0.6 is 11.6 Å². The maximum atomic E-state index is 12.9. The number of hydrogen-bond acceptors (Lipinski definition) is 3. The van der Waals surface area contributed by atoms with Crippen LogP contribution < -0.4 is 9.47 Å². The Kier molecular flexibility index (Phi) is 4.14. The minimum Gasteiger partial charge on any atom is -0.493 e. The van der Waals surface area contributed by atoms with Crippen molar-refractivity contribution < 1.29 is 14.3 Å². The molecule has 5 rings (SSSR count). The molecule has 1 N–H and O–H groups in total. The number of ketones is 1. The predicted molar refractivity (Wildman–Crippen MR) is 115 cm³/mol. The lowest BCUT2D eigenvalue weighted by atomic mass is 10.0. The summed E-state index contributed by atoms with van der Waals surface area (Å²) >= 11 is 6.06. The Morgan fingerprint density at radius 1 is 1.00 bits per heavy atom. The van der Waals surface area contributed by atoms with Crippen molar-refractivity contribution in [1.29, 1.82) is 0 Å². The first kappa shape index (κ1) is 17.6. The van der Waals surface area contributed by atoms with Gasteiger partial charge in [0, 0.05) is 21.5 Å². The predicted octanol–water partition coefficient (Wildman–Crippen LogP) is 6.11. The first-order valence-corrected chi connectivity index (χ1v) is 9.51. The van der Waals surface area contributed by atoms with Crippen molar-refractivity contribution in [2.45, 2.75) is 0 Å². The number of ether oxygens (including phenoxy) is 2. The van der Waals surface area contributed by atoms with Gasteiger partial charge in [0.2, 0.25) is 5.78 Å². The van der Waals surface area contributed by atoms with Gasteiger partial charge in [-0.15, -0.1) is 0 Å². The molecule has 0 unspecified atom stereocenters. The Bertz CT molecular complexity index is 1290. The second-order valence-electron chi connectivity index (χ2n) is 6.74. The molecule has 1 aromatic heterocycles. The van der Waals surface area contributed by atoms with E-state index >= 15 is 0 Å². The molecule has 4 nitrogen and oxygen atoms in total. The zero-order valence-corrected chi connectivity index (χ0v) is 16.3. The number of halogens is 1. The largest absolute Gasteiger partial charge is 0.493 e. The lowest BCUT2D eigenvalue weighted by Gasteiger charge is -2.05. The van der Waals surface area contributed by atoms with Crippen molar-refractivity contribution in [2.24, 2.45) is 0 Å². The number of allylic oxidation sites excluding steroid dienone is 1. The quantitative estimate of drug-likeness (QED) is 0.421. The van der Waals surface area contributed by atoms with Gasteiger partial charge in [-0.25, -0.2) is 0 Å². The maximum absolute atomic E-state index is 12.9. The van der Waals surface area contributed by atoms with E-state index in [1.54, 1.807) is 31.4 Å². The summed E-state index contributed by atoms with van der Waals surface area (Å²) in [6, 6.07) is 20.9. The standard InChI is InChI=1S/C24H16ClNO3/c1-28-20-8-4-6-17-23(27)21(29-24(17)20)13-18-16-5-2-3-7-19(16)26-22(18)14-9-11-15(25)12-10-14/h2-13,26H,1H3. The molecule has 142 valence electrons. The van der Waals surface area contributed by atoms with Gasteiger partial charge in [0.15, 0.2) is 17.3 Å². The molecule has 0 radical (unpaired) electrons. The fraction of sp³-hybridized carbons (Fsp3) is 0.0417. The van der Waals surface area contributed by atoms with E-state index in [2.05, 4.69) is 4.98 Å². The number of para-hydroxylation sites is 2. The van der Waals surface area contributed by atoms with E-state index < -0.39 is 0 Å². The molecular formula is C24H16ClNO3. The number of aromatic amines is 1. The lowest BCUT2D eigenvalue weighted by Crippen LogP contribution is -1.98. The topological polar surface area (TPSA) is 51.3 Å². The summed E-state index contributed by atoms with van der Waals surface area (Å²) in [7, 11) is 1.56. The van der Waals surface area contributed by atoms with Crippen molar-refractivity contribution in [3.8, 4) is 22.8 Å². The zero-order valence-electron chi connectivity index (χ0n) is 15.5. The van der Waals surface area contributed by atoms with E-state index in [1.807, 2.05) is 48.5 Å². The van der Waals surface area contributed by atoms with Crippen molar-refractivity contribution in [3.63, 3.8) is 0 Å². The number of fused-ring (bicyclic) bond motifs is 2. The Hall–Kier alpha value is -3.50. The van der Waals surface area contributed by atoms with Crippen molar-refractivity contribution >= 4 is 34.4 Å². The van der Waals surface area contributed by atoms with Crippen molar-refractivity contribution in [2.75, 3.05) is 7.11 Å². The van der Waals surface area contributed by atoms with E-state index in [0.29, 0.717) is 22.1 Å². The summed E-state index contributed by atoms with van der Waals surface area (Å²) < 4.78 is 11.3. The molecule has 5 heteroatoms. The number of rotatable bonds is 3. The highest BCUT2D eigenvalue weighted by molar-refractivity contribution is 6.30. The van der Waals surface area contributed by atoms with E-state index in [0.717, 1.165) is 27.7 Å². The number of aromatic nitrogens is 1. The maximum Gasteiger partial charge on any atom is 0.232 e. The van der Waals surface area contributed by atoms with Gasteiger partial charge in [-0.2, -0.15) is 0 Å². The second kappa shape index (κ2) is 6.83. The molecule has 0 fully saturated rings. The third-order valence-corrected chi connectivity index (χ3v) is 5.29. The minimum atomic E-state index is -0.161. The van der Waals surface area contributed by atoms with Gasteiger partial charge in [-0.3, -0.25) is 4.79 Å². The van der Waals surface area contributed by atoms with Crippen LogP contribution in [0.1, 0.15) is 15.9 Å². The average molecular weight is 402 g/mol. The number of nitrogens with one attached hydrogen (secondary N) is 1. The van der Waals surface area contributed by atoms with Gasteiger partial charge >= 0.3 is 0 Å². The Balaban J connectivity index is 1.69. The molecule has 2 heterocycles. The molecule has 29 heavy (non-hydrogen) atoms. The Morgan fingerprint density at radius 3 is 2.59 bits per heavy atom. The van der Waals surface area contributed by atoms with E-state index in [4.69, 9.17) is 21.1 Å². The van der Waals surface area contributed by atoms with Gasteiger partial charge in [-0.05, 0) is 42.0 Å². The van der Waals surface area contributed by atoms with Crippen LogP contribution in [0.4, 0.5) is 0 Å². The van der Waals surface area contributed by atoms with Crippen LogP contribution in [0.2, 0.25) is 5.02 Å².